The molecule has 2 rings (SSSR count). The van der Waals surface area contributed by atoms with E-state index < -0.39 is 0 Å². The molecule has 0 saturated carbocycles. The number of aliphatic hydroxyl groups excluding tert-OH is 1. The van der Waals surface area contributed by atoms with Gasteiger partial charge in [0.05, 0.1) is 6.10 Å². The van der Waals surface area contributed by atoms with E-state index in [1.54, 1.807) is 0 Å². The number of likely N-dealkylation sites (tertiary alicyclic amines) is 1. The standard InChI is InChI=1S/C16H23NO2/c1-11(2)13-5-4-12(3)15(10-13)16(19)17-8-6-14(18)7-9-17/h4-5,10-11,14,18H,6-9H2,1-3H3. The molecule has 1 N–H and O–H groups in total. The third-order valence-electron chi connectivity index (χ3n) is 3.91. The lowest BCUT2D eigenvalue weighted by Gasteiger charge is -2.30. The van der Waals surface area contributed by atoms with E-state index in [9.17, 15) is 9.90 Å². The Hall–Kier alpha value is -1.35. The smallest absolute Gasteiger partial charge is 0.254 e. The molecule has 104 valence electrons. The maximum absolute atomic E-state index is 12.5. The molecule has 0 radical (unpaired) electrons. The van der Waals surface area contributed by atoms with Crippen LogP contribution in [0.4, 0.5) is 0 Å². The number of aryl methyl sites for hydroxylation is 1. The molecular weight excluding hydrogens is 238 g/mol. The van der Waals surface area contributed by atoms with E-state index in [4.69, 9.17) is 0 Å². The summed E-state index contributed by atoms with van der Waals surface area (Å²) >= 11 is 0. The largest absolute Gasteiger partial charge is 0.393 e. The zero-order chi connectivity index (χ0) is 14.0. The maximum Gasteiger partial charge on any atom is 0.254 e. The van der Waals surface area contributed by atoms with Gasteiger partial charge in [0, 0.05) is 18.7 Å². The fourth-order valence-electron chi connectivity index (χ4n) is 2.47. The van der Waals surface area contributed by atoms with E-state index in [0.29, 0.717) is 31.8 Å². The Bertz CT molecular complexity index is 460. The summed E-state index contributed by atoms with van der Waals surface area (Å²) in [5.41, 5.74) is 3.04. The van der Waals surface area contributed by atoms with Crippen molar-refractivity contribution in [1.29, 1.82) is 0 Å². The zero-order valence-electron chi connectivity index (χ0n) is 12.0. The Morgan fingerprint density at radius 3 is 2.53 bits per heavy atom. The van der Waals surface area contributed by atoms with E-state index in [2.05, 4.69) is 19.9 Å². The molecule has 1 aromatic rings. The van der Waals surface area contributed by atoms with Crippen molar-refractivity contribution < 1.29 is 9.90 Å². The van der Waals surface area contributed by atoms with Crippen LogP contribution >= 0.6 is 0 Å². The summed E-state index contributed by atoms with van der Waals surface area (Å²) in [5.74, 6) is 0.530. The first kappa shape index (κ1) is 14.1. The second-order valence-electron chi connectivity index (χ2n) is 5.75. The molecular formula is C16H23NO2. The Balaban J connectivity index is 2.20. The fraction of sp³-hybridized carbons (Fsp3) is 0.562. The van der Waals surface area contributed by atoms with Crippen LogP contribution in [0.5, 0.6) is 0 Å². The van der Waals surface area contributed by atoms with Crippen LogP contribution in [0.1, 0.15) is 54.1 Å². The van der Waals surface area contributed by atoms with Crippen molar-refractivity contribution in [1.82, 2.24) is 4.90 Å². The van der Waals surface area contributed by atoms with Gasteiger partial charge in [-0.3, -0.25) is 4.79 Å². The van der Waals surface area contributed by atoms with Crippen LogP contribution < -0.4 is 0 Å². The van der Waals surface area contributed by atoms with Gasteiger partial charge < -0.3 is 10.0 Å². The average molecular weight is 261 g/mol. The van der Waals surface area contributed by atoms with Gasteiger partial charge in [-0.15, -0.1) is 0 Å². The van der Waals surface area contributed by atoms with Gasteiger partial charge in [-0.2, -0.15) is 0 Å². The number of hydrogen-bond acceptors (Lipinski definition) is 2. The van der Waals surface area contributed by atoms with Crippen LogP contribution in [0, 0.1) is 6.92 Å². The van der Waals surface area contributed by atoms with E-state index in [-0.39, 0.29) is 12.0 Å². The molecule has 1 fully saturated rings. The Morgan fingerprint density at radius 2 is 1.95 bits per heavy atom. The van der Waals surface area contributed by atoms with Crippen molar-refractivity contribution in [3.63, 3.8) is 0 Å². The first-order valence-electron chi connectivity index (χ1n) is 7.07. The molecule has 0 aromatic heterocycles. The number of rotatable bonds is 2. The Kier molecular flexibility index (Phi) is 4.25. The topological polar surface area (TPSA) is 40.5 Å². The van der Waals surface area contributed by atoms with Crippen molar-refractivity contribution in [3.8, 4) is 0 Å². The summed E-state index contributed by atoms with van der Waals surface area (Å²) in [6.45, 7) is 7.57. The number of nitrogens with zero attached hydrogens (tertiary/aromatic N) is 1. The predicted octanol–water partition coefficient (Wildman–Crippen LogP) is 2.72. The van der Waals surface area contributed by atoms with Crippen molar-refractivity contribution in [2.45, 2.75) is 45.6 Å². The van der Waals surface area contributed by atoms with Gasteiger partial charge in [-0.25, -0.2) is 0 Å². The average Bonchev–Trinajstić information content (AvgIpc) is 2.39. The minimum Gasteiger partial charge on any atom is -0.393 e. The molecule has 1 aliphatic rings. The van der Waals surface area contributed by atoms with Crippen LogP contribution in [-0.4, -0.2) is 35.1 Å². The quantitative estimate of drug-likeness (QED) is 0.889. The molecule has 1 aliphatic heterocycles. The summed E-state index contributed by atoms with van der Waals surface area (Å²) in [5, 5.41) is 9.51. The molecule has 1 heterocycles. The summed E-state index contributed by atoms with van der Waals surface area (Å²) in [7, 11) is 0. The maximum atomic E-state index is 12.5. The summed E-state index contributed by atoms with van der Waals surface area (Å²) in [6, 6.07) is 6.14. The van der Waals surface area contributed by atoms with Gasteiger partial charge in [0.1, 0.15) is 0 Å². The van der Waals surface area contributed by atoms with Gasteiger partial charge >= 0.3 is 0 Å². The number of benzene rings is 1. The molecule has 1 amide bonds. The molecule has 0 unspecified atom stereocenters. The van der Waals surface area contributed by atoms with Gasteiger partial charge in [0.2, 0.25) is 0 Å². The first-order chi connectivity index (χ1) is 8.99. The lowest BCUT2D eigenvalue weighted by atomic mass is 9.96. The van der Waals surface area contributed by atoms with E-state index in [1.165, 1.54) is 5.56 Å². The Morgan fingerprint density at radius 1 is 1.32 bits per heavy atom. The highest BCUT2D eigenvalue weighted by Crippen LogP contribution is 2.21. The van der Waals surface area contributed by atoms with Crippen LogP contribution in [0.2, 0.25) is 0 Å². The summed E-state index contributed by atoms with van der Waals surface area (Å²) < 4.78 is 0. The molecule has 3 nitrogen and oxygen atoms in total. The number of aliphatic hydroxyl groups is 1. The number of carbonyl (C=O) groups is 1. The van der Waals surface area contributed by atoms with Gasteiger partial charge in [-0.1, -0.05) is 26.0 Å². The molecule has 1 aromatic carbocycles. The molecule has 0 spiro atoms. The third kappa shape index (κ3) is 3.16. The zero-order valence-corrected chi connectivity index (χ0v) is 12.0. The number of amides is 1. The van der Waals surface area contributed by atoms with Gasteiger partial charge in [-0.05, 0) is 42.9 Å². The number of hydrogen-bond donors (Lipinski definition) is 1. The molecule has 0 atom stereocenters. The van der Waals surface area contributed by atoms with E-state index >= 15 is 0 Å². The van der Waals surface area contributed by atoms with Crippen molar-refractivity contribution >= 4 is 5.91 Å². The molecule has 0 aliphatic carbocycles. The summed E-state index contributed by atoms with van der Waals surface area (Å²) in [6.07, 6.45) is 1.13. The van der Waals surface area contributed by atoms with Crippen molar-refractivity contribution in [3.05, 3.63) is 34.9 Å². The fourth-order valence-corrected chi connectivity index (χ4v) is 2.47. The molecule has 1 saturated heterocycles. The molecule has 19 heavy (non-hydrogen) atoms. The second-order valence-corrected chi connectivity index (χ2v) is 5.75. The normalized spacial score (nSPS) is 17.0. The molecule has 0 bridgehead atoms. The Labute approximate surface area is 115 Å². The van der Waals surface area contributed by atoms with Crippen LogP contribution in [0.25, 0.3) is 0 Å². The van der Waals surface area contributed by atoms with Crippen molar-refractivity contribution in [2.75, 3.05) is 13.1 Å². The number of piperidine rings is 1. The SMILES string of the molecule is Cc1ccc(C(C)C)cc1C(=O)N1CCC(O)CC1. The monoisotopic (exact) mass is 261 g/mol. The van der Waals surface area contributed by atoms with Gasteiger partial charge in [0.15, 0.2) is 0 Å². The minimum absolute atomic E-state index is 0.104. The summed E-state index contributed by atoms with van der Waals surface area (Å²) in [4.78, 5) is 14.4. The first-order valence-corrected chi connectivity index (χ1v) is 7.07. The highest BCUT2D eigenvalue weighted by molar-refractivity contribution is 5.96. The van der Waals surface area contributed by atoms with Crippen LogP contribution in [-0.2, 0) is 0 Å². The third-order valence-corrected chi connectivity index (χ3v) is 3.91. The second kappa shape index (κ2) is 5.74. The van der Waals surface area contributed by atoms with Gasteiger partial charge in [0.25, 0.3) is 5.91 Å². The lowest BCUT2D eigenvalue weighted by Crippen LogP contribution is -2.40. The minimum atomic E-state index is -0.243. The highest BCUT2D eigenvalue weighted by atomic mass is 16.3. The van der Waals surface area contributed by atoms with Crippen LogP contribution in [0.15, 0.2) is 18.2 Å². The number of carbonyl (C=O) groups excluding carboxylic acids is 1. The van der Waals surface area contributed by atoms with Crippen LogP contribution in [0.3, 0.4) is 0 Å². The predicted molar refractivity (Wildman–Crippen MR) is 76.4 cm³/mol. The highest BCUT2D eigenvalue weighted by Gasteiger charge is 2.23. The lowest BCUT2D eigenvalue weighted by molar-refractivity contribution is 0.0546. The van der Waals surface area contributed by atoms with E-state index in [0.717, 1.165) is 11.1 Å². The van der Waals surface area contributed by atoms with E-state index in [1.807, 2.05) is 24.0 Å². The van der Waals surface area contributed by atoms with Crippen molar-refractivity contribution in [2.24, 2.45) is 0 Å². The molecule has 3 heteroatoms.